The second kappa shape index (κ2) is 10.3. The lowest BCUT2D eigenvalue weighted by Crippen LogP contribution is -2.41. The Kier molecular flexibility index (Phi) is 7.01. The number of ether oxygens (including phenoxy) is 3. The average molecular weight is 462 g/mol. The minimum atomic E-state index is -1.13. The summed E-state index contributed by atoms with van der Waals surface area (Å²) in [4.78, 5) is 24.3. The summed E-state index contributed by atoms with van der Waals surface area (Å²) in [7, 11) is 3.07. The highest BCUT2D eigenvalue weighted by atomic mass is 16.5. The van der Waals surface area contributed by atoms with Gasteiger partial charge in [0.2, 0.25) is 0 Å². The van der Waals surface area contributed by atoms with Gasteiger partial charge in [-0.05, 0) is 46.7 Å². The molecule has 34 heavy (non-hydrogen) atoms. The first-order valence-corrected chi connectivity index (χ1v) is 11.1. The van der Waals surface area contributed by atoms with E-state index in [1.54, 1.807) is 13.2 Å². The molecular weight excluding hydrogens is 434 g/mol. The second-order valence-electron chi connectivity index (χ2n) is 8.05. The van der Waals surface area contributed by atoms with E-state index in [0.717, 1.165) is 27.8 Å². The van der Waals surface area contributed by atoms with Crippen molar-refractivity contribution in [3.8, 4) is 22.6 Å². The standard InChI is InChI=1S/C27H27NO6/c1-32-24-13-7-8-17(25(24)33-2)14-15-23(26(29)30)28-27(31)34-16-22-20-11-5-3-9-18(20)19-10-4-6-12-21(19)22/h3-13,22-23H,14-16H2,1-2H3,(H,28,31)(H,29,30)/t23-/m0/s1. The van der Waals surface area contributed by atoms with E-state index in [1.165, 1.54) is 7.11 Å². The summed E-state index contributed by atoms with van der Waals surface area (Å²) in [5, 5.41) is 12.1. The van der Waals surface area contributed by atoms with Gasteiger partial charge < -0.3 is 24.6 Å². The van der Waals surface area contributed by atoms with E-state index < -0.39 is 18.1 Å². The third kappa shape index (κ3) is 4.69. The minimum Gasteiger partial charge on any atom is -0.493 e. The molecule has 1 aliphatic rings. The lowest BCUT2D eigenvalue weighted by molar-refractivity contribution is -0.139. The van der Waals surface area contributed by atoms with E-state index in [9.17, 15) is 14.7 Å². The highest BCUT2D eigenvalue weighted by Crippen LogP contribution is 2.44. The number of benzene rings is 3. The molecule has 7 nitrogen and oxygen atoms in total. The van der Waals surface area contributed by atoms with Crippen LogP contribution in [0.15, 0.2) is 66.7 Å². The summed E-state index contributed by atoms with van der Waals surface area (Å²) in [5.74, 6) is -0.107. The average Bonchev–Trinajstić information content (AvgIpc) is 3.18. The number of aliphatic carboxylic acids is 1. The highest BCUT2D eigenvalue weighted by Gasteiger charge is 2.29. The van der Waals surface area contributed by atoms with Gasteiger partial charge in [0.25, 0.3) is 0 Å². The topological polar surface area (TPSA) is 94.1 Å². The van der Waals surface area contributed by atoms with Gasteiger partial charge in [-0.25, -0.2) is 9.59 Å². The summed E-state index contributed by atoms with van der Waals surface area (Å²) in [6.07, 6.45) is -0.212. The molecule has 0 bridgehead atoms. The molecule has 0 saturated carbocycles. The lowest BCUT2D eigenvalue weighted by Gasteiger charge is -2.18. The number of carboxylic acid groups (broad SMARTS) is 1. The van der Waals surface area contributed by atoms with E-state index in [1.807, 2.05) is 48.5 Å². The molecule has 0 fully saturated rings. The Hall–Kier alpha value is -4.00. The fourth-order valence-electron chi connectivity index (χ4n) is 4.49. The Morgan fingerprint density at radius 2 is 1.56 bits per heavy atom. The number of aryl methyl sites for hydroxylation is 1. The molecule has 7 heteroatoms. The number of alkyl carbamates (subject to hydrolysis) is 1. The molecule has 4 rings (SSSR count). The molecule has 0 aromatic heterocycles. The van der Waals surface area contributed by atoms with Crippen LogP contribution in [0, 0.1) is 0 Å². The van der Waals surface area contributed by atoms with E-state index in [-0.39, 0.29) is 18.9 Å². The Morgan fingerprint density at radius 3 is 2.15 bits per heavy atom. The summed E-state index contributed by atoms with van der Waals surface area (Å²) in [6.45, 7) is 0.121. The quantitative estimate of drug-likeness (QED) is 0.483. The lowest BCUT2D eigenvalue weighted by atomic mass is 9.98. The number of carbonyl (C=O) groups is 2. The molecule has 0 unspecified atom stereocenters. The molecule has 0 spiro atoms. The first kappa shape index (κ1) is 23.2. The monoisotopic (exact) mass is 461 g/mol. The number of hydrogen-bond acceptors (Lipinski definition) is 5. The summed E-state index contributed by atoms with van der Waals surface area (Å²) in [6, 6.07) is 20.4. The zero-order valence-corrected chi connectivity index (χ0v) is 19.1. The number of methoxy groups -OCH3 is 2. The number of amides is 1. The fraction of sp³-hybridized carbons (Fsp3) is 0.259. The first-order chi connectivity index (χ1) is 16.5. The van der Waals surface area contributed by atoms with Gasteiger partial charge in [-0.2, -0.15) is 0 Å². The summed E-state index contributed by atoms with van der Waals surface area (Å²) >= 11 is 0. The van der Waals surface area contributed by atoms with Crippen molar-refractivity contribution in [2.75, 3.05) is 20.8 Å². The first-order valence-electron chi connectivity index (χ1n) is 11.1. The number of fused-ring (bicyclic) bond motifs is 3. The van der Waals surface area contributed by atoms with Gasteiger partial charge in [-0.1, -0.05) is 60.7 Å². The molecule has 176 valence electrons. The van der Waals surface area contributed by atoms with E-state index in [2.05, 4.69) is 17.4 Å². The van der Waals surface area contributed by atoms with Crippen LogP contribution in [0.25, 0.3) is 11.1 Å². The number of carbonyl (C=O) groups excluding carboxylic acids is 1. The Labute approximate surface area is 198 Å². The number of rotatable bonds is 9. The molecular formula is C27H27NO6. The van der Waals surface area contributed by atoms with Gasteiger partial charge >= 0.3 is 12.1 Å². The third-order valence-electron chi connectivity index (χ3n) is 6.12. The summed E-state index contributed by atoms with van der Waals surface area (Å²) < 4.78 is 16.2. The zero-order chi connectivity index (χ0) is 24.1. The van der Waals surface area contributed by atoms with Crippen molar-refractivity contribution < 1.29 is 28.9 Å². The van der Waals surface area contributed by atoms with Crippen LogP contribution in [0.3, 0.4) is 0 Å². The van der Waals surface area contributed by atoms with Crippen molar-refractivity contribution >= 4 is 12.1 Å². The maximum Gasteiger partial charge on any atom is 0.407 e. The second-order valence-corrected chi connectivity index (χ2v) is 8.05. The van der Waals surface area contributed by atoms with E-state index >= 15 is 0 Å². The van der Waals surface area contributed by atoms with E-state index in [0.29, 0.717) is 17.9 Å². The van der Waals surface area contributed by atoms with Crippen LogP contribution in [0.1, 0.15) is 29.0 Å². The number of hydrogen-bond donors (Lipinski definition) is 2. The molecule has 0 heterocycles. The molecule has 3 aromatic rings. The van der Waals surface area contributed by atoms with Gasteiger partial charge in [-0.3, -0.25) is 0 Å². The van der Waals surface area contributed by atoms with E-state index in [4.69, 9.17) is 14.2 Å². The van der Waals surface area contributed by atoms with Crippen LogP contribution >= 0.6 is 0 Å². The zero-order valence-electron chi connectivity index (χ0n) is 19.1. The van der Waals surface area contributed by atoms with Crippen molar-refractivity contribution in [2.24, 2.45) is 0 Å². The van der Waals surface area contributed by atoms with Gasteiger partial charge in [-0.15, -0.1) is 0 Å². The fourth-order valence-corrected chi connectivity index (χ4v) is 4.49. The van der Waals surface area contributed by atoms with Crippen LogP contribution in [-0.2, 0) is 16.0 Å². The summed E-state index contributed by atoms with van der Waals surface area (Å²) in [5.41, 5.74) is 5.24. The normalized spacial score (nSPS) is 12.9. The van der Waals surface area contributed by atoms with Crippen LogP contribution in [0.2, 0.25) is 0 Å². The molecule has 0 saturated heterocycles. The Bertz CT molecular complexity index is 1150. The molecule has 0 aliphatic heterocycles. The van der Waals surface area contributed by atoms with Crippen molar-refractivity contribution in [3.63, 3.8) is 0 Å². The minimum absolute atomic E-state index is 0.0949. The molecule has 1 amide bonds. The van der Waals surface area contributed by atoms with Crippen LogP contribution in [-0.4, -0.2) is 44.0 Å². The van der Waals surface area contributed by atoms with Gasteiger partial charge in [0.1, 0.15) is 12.6 Å². The van der Waals surface area contributed by atoms with Crippen molar-refractivity contribution in [2.45, 2.75) is 24.8 Å². The predicted octanol–water partition coefficient (Wildman–Crippen LogP) is 4.63. The highest BCUT2D eigenvalue weighted by molar-refractivity contribution is 5.81. The number of para-hydroxylation sites is 1. The van der Waals surface area contributed by atoms with Gasteiger partial charge in [0, 0.05) is 5.92 Å². The molecule has 2 N–H and O–H groups in total. The van der Waals surface area contributed by atoms with Crippen LogP contribution < -0.4 is 14.8 Å². The Balaban J connectivity index is 1.40. The Morgan fingerprint density at radius 1 is 0.912 bits per heavy atom. The maximum atomic E-state index is 12.5. The number of carboxylic acids is 1. The van der Waals surface area contributed by atoms with Crippen LogP contribution in [0.4, 0.5) is 4.79 Å². The van der Waals surface area contributed by atoms with Crippen molar-refractivity contribution in [1.82, 2.24) is 5.32 Å². The van der Waals surface area contributed by atoms with Crippen molar-refractivity contribution in [3.05, 3.63) is 83.4 Å². The molecule has 0 radical (unpaired) electrons. The van der Waals surface area contributed by atoms with Crippen molar-refractivity contribution in [1.29, 1.82) is 0 Å². The molecule has 3 aromatic carbocycles. The molecule has 1 atom stereocenters. The predicted molar refractivity (Wildman–Crippen MR) is 127 cm³/mol. The van der Waals surface area contributed by atoms with Gasteiger partial charge in [0.15, 0.2) is 11.5 Å². The SMILES string of the molecule is COc1cccc(CC[C@H](NC(=O)OCC2c3ccccc3-c3ccccc32)C(=O)O)c1OC. The third-order valence-corrected chi connectivity index (χ3v) is 6.12. The van der Waals surface area contributed by atoms with Crippen LogP contribution in [0.5, 0.6) is 11.5 Å². The number of nitrogens with one attached hydrogen (secondary N) is 1. The maximum absolute atomic E-state index is 12.5. The smallest absolute Gasteiger partial charge is 0.407 e. The van der Waals surface area contributed by atoms with Gasteiger partial charge in [0.05, 0.1) is 14.2 Å². The molecule has 1 aliphatic carbocycles. The largest absolute Gasteiger partial charge is 0.493 e.